The summed E-state index contributed by atoms with van der Waals surface area (Å²) in [6.07, 6.45) is 1.35. The first kappa shape index (κ1) is 19.0. The molecule has 0 unspecified atom stereocenters. The van der Waals surface area contributed by atoms with Crippen LogP contribution < -0.4 is 9.86 Å². The van der Waals surface area contributed by atoms with Gasteiger partial charge in [0.2, 0.25) is 10.0 Å². The van der Waals surface area contributed by atoms with Crippen LogP contribution in [0, 0.1) is 5.82 Å². The molecule has 9 heteroatoms. The monoisotopic (exact) mass is 406 g/mol. The van der Waals surface area contributed by atoms with Crippen molar-refractivity contribution in [2.24, 2.45) is 5.14 Å². The Bertz CT molecular complexity index is 1250. The standard InChI is InChI=1S/C18H15FN2O4S2/c19-16-7-8-18(27(20,24)25)17(12-16)21-26(22,23)10-9-13-5-6-14-3-1-2-4-15(14)11-13/h1-12,21H,(H2,20,24,25)/b10-9+. The number of fused-ring (bicyclic) bond motifs is 1. The first-order chi connectivity index (χ1) is 12.6. The zero-order chi connectivity index (χ0) is 19.7. The molecule has 0 aliphatic heterocycles. The van der Waals surface area contributed by atoms with Gasteiger partial charge >= 0.3 is 0 Å². The highest BCUT2D eigenvalue weighted by Gasteiger charge is 2.18. The van der Waals surface area contributed by atoms with E-state index < -0.39 is 36.4 Å². The number of rotatable bonds is 5. The quantitative estimate of drug-likeness (QED) is 0.679. The number of hydrogen-bond acceptors (Lipinski definition) is 4. The lowest BCUT2D eigenvalue weighted by atomic mass is 10.1. The molecule has 0 spiro atoms. The highest BCUT2D eigenvalue weighted by molar-refractivity contribution is 7.95. The van der Waals surface area contributed by atoms with E-state index in [2.05, 4.69) is 0 Å². The summed E-state index contributed by atoms with van der Waals surface area (Å²) >= 11 is 0. The lowest BCUT2D eigenvalue weighted by Gasteiger charge is -2.09. The molecule has 6 nitrogen and oxygen atoms in total. The van der Waals surface area contributed by atoms with E-state index in [0.717, 1.165) is 34.4 Å². The summed E-state index contributed by atoms with van der Waals surface area (Å²) in [6, 6.07) is 15.5. The van der Waals surface area contributed by atoms with Crippen molar-refractivity contribution in [3.8, 4) is 0 Å². The number of anilines is 1. The molecular formula is C18H15FN2O4S2. The Hall–Kier alpha value is -2.75. The fourth-order valence-corrected chi connectivity index (χ4v) is 4.12. The van der Waals surface area contributed by atoms with Crippen molar-refractivity contribution in [3.63, 3.8) is 0 Å². The van der Waals surface area contributed by atoms with Crippen molar-refractivity contribution in [2.45, 2.75) is 4.90 Å². The predicted octanol–water partition coefficient (Wildman–Crippen LogP) is 3.04. The minimum atomic E-state index is -4.23. The Kier molecular flexibility index (Phi) is 5.01. The maximum absolute atomic E-state index is 13.4. The normalized spacial score (nSPS) is 12.5. The van der Waals surface area contributed by atoms with E-state index >= 15 is 0 Å². The van der Waals surface area contributed by atoms with E-state index in [4.69, 9.17) is 5.14 Å². The first-order valence-electron chi connectivity index (χ1n) is 7.66. The molecule has 0 heterocycles. The average Bonchev–Trinajstić information content (AvgIpc) is 2.58. The van der Waals surface area contributed by atoms with E-state index in [1.165, 1.54) is 6.08 Å². The highest BCUT2D eigenvalue weighted by atomic mass is 32.2. The lowest BCUT2D eigenvalue weighted by molar-refractivity contribution is 0.597. The van der Waals surface area contributed by atoms with Crippen LogP contribution in [0.2, 0.25) is 0 Å². The topological polar surface area (TPSA) is 106 Å². The molecule has 0 atom stereocenters. The number of benzene rings is 3. The Morgan fingerprint density at radius 1 is 0.889 bits per heavy atom. The summed E-state index contributed by atoms with van der Waals surface area (Å²) in [4.78, 5) is -0.522. The minimum Gasteiger partial charge on any atom is -0.279 e. The number of primary sulfonamides is 1. The van der Waals surface area contributed by atoms with Crippen LogP contribution in [0.15, 0.2) is 71.0 Å². The van der Waals surface area contributed by atoms with Gasteiger partial charge in [-0.2, -0.15) is 0 Å². The predicted molar refractivity (Wildman–Crippen MR) is 103 cm³/mol. The molecule has 140 valence electrons. The summed E-state index contributed by atoms with van der Waals surface area (Å²) in [6.45, 7) is 0. The zero-order valence-corrected chi connectivity index (χ0v) is 15.5. The number of hydrogen-bond donors (Lipinski definition) is 2. The van der Waals surface area contributed by atoms with Crippen molar-refractivity contribution in [3.05, 3.63) is 77.5 Å². The molecule has 0 fully saturated rings. The SMILES string of the molecule is NS(=O)(=O)c1ccc(F)cc1NS(=O)(=O)/C=C/c1ccc2ccccc2c1. The van der Waals surface area contributed by atoms with Crippen LogP contribution in [0.25, 0.3) is 16.8 Å². The average molecular weight is 406 g/mol. The summed E-state index contributed by atoms with van der Waals surface area (Å²) in [5, 5.41) is 7.86. The molecule has 3 aromatic carbocycles. The van der Waals surface area contributed by atoms with E-state index in [0.29, 0.717) is 5.56 Å². The summed E-state index contributed by atoms with van der Waals surface area (Å²) in [5.74, 6) is -0.807. The summed E-state index contributed by atoms with van der Waals surface area (Å²) in [7, 11) is -8.33. The van der Waals surface area contributed by atoms with Crippen LogP contribution in [-0.4, -0.2) is 16.8 Å². The van der Waals surface area contributed by atoms with Gasteiger partial charge in [-0.3, -0.25) is 4.72 Å². The second-order valence-electron chi connectivity index (χ2n) is 5.74. The maximum Gasteiger partial charge on any atom is 0.255 e. The van der Waals surface area contributed by atoms with Crippen LogP contribution in [-0.2, 0) is 20.0 Å². The molecule has 0 aliphatic carbocycles. The molecule has 0 amide bonds. The minimum absolute atomic E-state index is 0.458. The van der Waals surface area contributed by atoms with Crippen molar-refractivity contribution < 1.29 is 21.2 Å². The molecule has 27 heavy (non-hydrogen) atoms. The molecule has 3 N–H and O–H groups in total. The van der Waals surface area contributed by atoms with E-state index in [9.17, 15) is 21.2 Å². The fraction of sp³-hybridized carbons (Fsp3) is 0. The van der Waals surface area contributed by atoms with Crippen molar-refractivity contribution in [1.82, 2.24) is 0 Å². The molecule has 3 rings (SSSR count). The lowest BCUT2D eigenvalue weighted by Crippen LogP contribution is -2.17. The van der Waals surface area contributed by atoms with Gasteiger partial charge in [-0.05, 0) is 46.7 Å². The summed E-state index contributed by atoms with van der Waals surface area (Å²) in [5.41, 5.74) is 0.172. The van der Waals surface area contributed by atoms with Crippen molar-refractivity contribution in [2.75, 3.05) is 4.72 Å². The first-order valence-corrected chi connectivity index (χ1v) is 10.8. The van der Waals surface area contributed by atoms with Crippen molar-refractivity contribution in [1.29, 1.82) is 0 Å². The third kappa shape index (κ3) is 4.70. The van der Waals surface area contributed by atoms with Crippen LogP contribution in [0.4, 0.5) is 10.1 Å². The third-order valence-electron chi connectivity index (χ3n) is 3.71. The van der Waals surface area contributed by atoms with Gasteiger partial charge in [0.1, 0.15) is 10.7 Å². The van der Waals surface area contributed by atoms with Gasteiger partial charge in [0.15, 0.2) is 0 Å². The highest BCUT2D eigenvalue weighted by Crippen LogP contribution is 2.23. The number of halogens is 1. The second kappa shape index (κ2) is 7.10. The van der Waals surface area contributed by atoms with Crippen LogP contribution in [0.5, 0.6) is 0 Å². The Balaban J connectivity index is 1.91. The van der Waals surface area contributed by atoms with Gasteiger partial charge in [0.05, 0.1) is 11.1 Å². The van der Waals surface area contributed by atoms with E-state index in [1.54, 1.807) is 12.1 Å². The number of nitrogens with two attached hydrogens (primary N) is 1. The Labute approximate surface area is 156 Å². The Morgan fingerprint density at radius 2 is 1.59 bits per heavy atom. The zero-order valence-electron chi connectivity index (χ0n) is 13.8. The molecule has 0 saturated heterocycles. The molecule has 0 radical (unpaired) electrons. The Morgan fingerprint density at radius 3 is 2.30 bits per heavy atom. The number of sulfonamides is 2. The van der Waals surface area contributed by atoms with Gasteiger partial charge in [-0.25, -0.2) is 26.4 Å². The molecule has 0 saturated carbocycles. The molecule has 0 bridgehead atoms. The molecule has 0 aliphatic rings. The molecule has 0 aromatic heterocycles. The van der Waals surface area contributed by atoms with E-state index in [-0.39, 0.29) is 0 Å². The fourth-order valence-electron chi connectivity index (χ4n) is 2.50. The van der Waals surface area contributed by atoms with Gasteiger partial charge < -0.3 is 0 Å². The molecule has 3 aromatic rings. The van der Waals surface area contributed by atoms with Gasteiger partial charge in [-0.15, -0.1) is 0 Å². The van der Waals surface area contributed by atoms with Gasteiger partial charge in [-0.1, -0.05) is 36.4 Å². The van der Waals surface area contributed by atoms with Gasteiger partial charge in [0, 0.05) is 0 Å². The van der Waals surface area contributed by atoms with Crippen molar-refractivity contribution >= 4 is 42.6 Å². The largest absolute Gasteiger partial charge is 0.279 e. The maximum atomic E-state index is 13.4. The molecular weight excluding hydrogens is 391 g/mol. The van der Waals surface area contributed by atoms with E-state index in [1.807, 2.05) is 35.1 Å². The smallest absolute Gasteiger partial charge is 0.255 e. The summed E-state index contributed by atoms with van der Waals surface area (Å²) < 4.78 is 63.1. The number of nitrogens with one attached hydrogen (secondary N) is 1. The third-order valence-corrected chi connectivity index (χ3v) is 5.68. The van der Waals surface area contributed by atoms with Gasteiger partial charge in [0.25, 0.3) is 10.0 Å². The van der Waals surface area contributed by atoms with Crippen LogP contribution in [0.1, 0.15) is 5.56 Å². The van der Waals surface area contributed by atoms with Crippen LogP contribution in [0.3, 0.4) is 0 Å². The van der Waals surface area contributed by atoms with Crippen LogP contribution >= 0.6 is 0 Å². The second-order valence-corrected chi connectivity index (χ2v) is 8.84.